The summed E-state index contributed by atoms with van der Waals surface area (Å²) in [4.78, 5) is 0. The molecule has 1 heteroatoms. The zero-order chi connectivity index (χ0) is 8.72. The largest absolute Gasteiger partial charge is 0.324 e. The Balaban J connectivity index is 2.60. The molecule has 0 saturated carbocycles. The van der Waals surface area contributed by atoms with Gasteiger partial charge in [-0.2, -0.15) is 0 Å². The molecule has 2 N–H and O–H groups in total. The summed E-state index contributed by atoms with van der Waals surface area (Å²) in [6.07, 6.45) is 2.30. The van der Waals surface area contributed by atoms with Crippen LogP contribution in [-0.4, -0.2) is 0 Å². The second-order valence-electron chi connectivity index (χ2n) is 3.72. The summed E-state index contributed by atoms with van der Waals surface area (Å²) in [5, 5.41) is 0. The SMILES string of the molecule is Cc1ccc2c(c1C)CC[C@@H]2N. The molecule has 12 heavy (non-hydrogen) atoms. The molecule has 0 amide bonds. The van der Waals surface area contributed by atoms with Gasteiger partial charge in [0.1, 0.15) is 0 Å². The van der Waals surface area contributed by atoms with Gasteiger partial charge in [0.15, 0.2) is 0 Å². The summed E-state index contributed by atoms with van der Waals surface area (Å²) in [5.41, 5.74) is 11.7. The van der Waals surface area contributed by atoms with Crippen LogP contribution in [0.1, 0.15) is 34.7 Å². The van der Waals surface area contributed by atoms with E-state index in [1.165, 1.54) is 28.7 Å². The van der Waals surface area contributed by atoms with Crippen LogP contribution < -0.4 is 5.73 Å². The lowest BCUT2D eigenvalue weighted by molar-refractivity contribution is 0.713. The van der Waals surface area contributed by atoms with Crippen LogP contribution in [0.2, 0.25) is 0 Å². The number of benzene rings is 1. The third kappa shape index (κ3) is 0.969. The molecule has 0 radical (unpaired) electrons. The maximum atomic E-state index is 5.97. The maximum Gasteiger partial charge on any atom is 0.0300 e. The van der Waals surface area contributed by atoms with Gasteiger partial charge < -0.3 is 5.73 Å². The van der Waals surface area contributed by atoms with E-state index in [0.29, 0.717) is 6.04 Å². The minimum atomic E-state index is 0.291. The van der Waals surface area contributed by atoms with Crippen molar-refractivity contribution in [3.05, 3.63) is 34.4 Å². The molecule has 1 aliphatic carbocycles. The Morgan fingerprint density at radius 3 is 2.83 bits per heavy atom. The highest BCUT2D eigenvalue weighted by atomic mass is 14.6. The Hall–Kier alpha value is -0.820. The molecule has 0 heterocycles. The molecule has 2 rings (SSSR count). The fraction of sp³-hybridized carbons (Fsp3) is 0.455. The van der Waals surface area contributed by atoms with Crippen molar-refractivity contribution in [1.29, 1.82) is 0 Å². The van der Waals surface area contributed by atoms with Crippen LogP contribution in [0.15, 0.2) is 12.1 Å². The first kappa shape index (κ1) is 7.81. The van der Waals surface area contributed by atoms with E-state index >= 15 is 0 Å². The average molecular weight is 161 g/mol. The van der Waals surface area contributed by atoms with Gasteiger partial charge in [0.25, 0.3) is 0 Å². The second kappa shape index (κ2) is 2.60. The van der Waals surface area contributed by atoms with Gasteiger partial charge in [0.05, 0.1) is 0 Å². The summed E-state index contributed by atoms with van der Waals surface area (Å²) in [5.74, 6) is 0. The monoisotopic (exact) mass is 161 g/mol. The van der Waals surface area contributed by atoms with E-state index in [-0.39, 0.29) is 0 Å². The summed E-state index contributed by atoms with van der Waals surface area (Å²) in [6.45, 7) is 4.37. The minimum absolute atomic E-state index is 0.291. The first-order chi connectivity index (χ1) is 5.70. The molecule has 0 fully saturated rings. The van der Waals surface area contributed by atoms with E-state index in [0.717, 1.165) is 6.42 Å². The van der Waals surface area contributed by atoms with Crippen molar-refractivity contribution in [2.45, 2.75) is 32.7 Å². The molecular weight excluding hydrogens is 146 g/mol. The number of aryl methyl sites for hydroxylation is 1. The van der Waals surface area contributed by atoms with E-state index in [1.807, 2.05) is 0 Å². The lowest BCUT2D eigenvalue weighted by Crippen LogP contribution is -2.05. The van der Waals surface area contributed by atoms with Crippen LogP contribution in [0.3, 0.4) is 0 Å². The van der Waals surface area contributed by atoms with E-state index < -0.39 is 0 Å². The lowest BCUT2D eigenvalue weighted by Gasteiger charge is -2.08. The highest BCUT2D eigenvalue weighted by molar-refractivity contribution is 5.43. The molecule has 0 saturated heterocycles. The predicted octanol–water partition coefficient (Wildman–Crippen LogP) is 2.25. The van der Waals surface area contributed by atoms with Crippen molar-refractivity contribution in [1.82, 2.24) is 0 Å². The Labute approximate surface area is 73.6 Å². The smallest absolute Gasteiger partial charge is 0.0300 e. The fourth-order valence-corrected chi connectivity index (χ4v) is 2.03. The number of nitrogens with two attached hydrogens (primary N) is 1. The maximum absolute atomic E-state index is 5.97. The molecule has 0 unspecified atom stereocenters. The van der Waals surface area contributed by atoms with Crippen molar-refractivity contribution in [3.8, 4) is 0 Å². The Morgan fingerprint density at radius 1 is 1.33 bits per heavy atom. The summed E-state index contributed by atoms with van der Waals surface area (Å²) < 4.78 is 0. The minimum Gasteiger partial charge on any atom is -0.324 e. The molecule has 1 atom stereocenters. The first-order valence-corrected chi connectivity index (χ1v) is 4.54. The number of rotatable bonds is 0. The van der Waals surface area contributed by atoms with Gasteiger partial charge in [-0.1, -0.05) is 12.1 Å². The van der Waals surface area contributed by atoms with Crippen LogP contribution in [0.5, 0.6) is 0 Å². The molecule has 0 bridgehead atoms. The van der Waals surface area contributed by atoms with Crippen molar-refractivity contribution >= 4 is 0 Å². The zero-order valence-corrected chi connectivity index (χ0v) is 7.72. The molecule has 1 nitrogen and oxygen atoms in total. The van der Waals surface area contributed by atoms with Crippen molar-refractivity contribution in [2.24, 2.45) is 5.73 Å². The first-order valence-electron chi connectivity index (χ1n) is 4.54. The summed E-state index contributed by atoms with van der Waals surface area (Å²) in [7, 11) is 0. The Bertz CT molecular complexity index is 315. The molecule has 0 aliphatic heterocycles. The molecule has 0 spiro atoms. The summed E-state index contributed by atoms with van der Waals surface area (Å²) in [6, 6.07) is 4.66. The summed E-state index contributed by atoms with van der Waals surface area (Å²) >= 11 is 0. The highest BCUT2D eigenvalue weighted by Crippen LogP contribution is 2.32. The normalized spacial score (nSPS) is 21.1. The van der Waals surface area contributed by atoms with Crippen LogP contribution in [-0.2, 0) is 6.42 Å². The van der Waals surface area contributed by atoms with Crippen LogP contribution in [0, 0.1) is 13.8 Å². The van der Waals surface area contributed by atoms with E-state index in [1.54, 1.807) is 0 Å². The molecule has 64 valence electrons. The third-order valence-corrected chi connectivity index (χ3v) is 3.01. The Morgan fingerprint density at radius 2 is 2.08 bits per heavy atom. The molecule has 1 aromatic carbocycles. The zero-order valence-electron chi connectivity index (χ0n) is 7.72. The van der Waals surface area contributed by atoms with Gasteiger partial charge in [0.2, 0.25) is 0 Å². The van der Waals surface area contributed by atoms with Crippen molar-refractivity contribution in [2.75, 3.05) is 0 Å². The van der Waals surface area contributed by atoms with Gasteiger partial charge in [-0.05, 0) is 48.9 Å². The van der Waals surface area contributed by atoms with Gasteiger partial charge in [-0.3, -0.25) is 0 Å². The highest BCUT2D eigenvalue weighted by Gasteiger charge is 2.20. The van der Waals surface area contributed by atoms with Gasteiger partial charge in [-0.25, -0.2) is 0 Å². The molecular formula is C11H15N. The average Bonchev–Trinajstić information content (AvgIpc) is 2.41. The number of fused-ring (bicyclic) bond motifs is 1. The van der Waals surface area contributed by atoms with Gasteiger partial charge >= 0.3 is 0 Å². The fourth-order valence-electron chi connectivity index (χ4n) is 2.03. The van der Waals surface area contributed by atoms with Crippen LogP contribution in [0.25, 0.3) is 0 Å². The topological polar surface area (TPSA) is 26.0 Å². The van der Waals surface area contributed by atoms with Crippen molar-refractivity contribution in [3.63, 3.8) is 0 Å². The quantitative estimate of drug-likeness (QED) is 0.620. The molecule has 0 aromatic heterocycles. The number of hydrogen-bond acceptors (Lipinski definition) is 1. The third-order valence-electron chi connectivity index (χ3n) is 3.01. The van der Waals surface area contributed by atoms with E-state index in [9.17, 15) is 0 Å². The molecule has 1 aromatic rings. The van der Waals surface area contributed by atoms with Gasteiger partial charge in [-0.15, -0.1) is 0 Å². The van der Waals surface area contributed by atoms with Gasteiger partial charge in [0, 0.05) is 6.04 Å². The lowest BCUT2D eigenvalue weighted by atomic mass is 9.99. The second-order valence-corrected chi connectivity index (χ2v) is 3.72. The van der Waals surface area contributed by atoms with Crippen LogP contribution >= 0.6 is 0 Å². The van der Waals surface area contributed by atoms with Crippen molar-refractivity contribution < 1.29 is 0 Å². The van der Waals surface area contributed by atoms with E-state index in [2.05, 4.69) is 26.0 Å². The van der Waals surface area contributed by atoms with Crippen LogP contribution in [0.4, 0.5) is 0 Å². The standard InChI is InChI=1S/C11H15N/c1-7-3-4-10-9(8(7)2)5-6-11(10)12/h3-4,11H,5-6,12H2,1-2H3/t11-/m0/s1. The molecule has 1 aliphatic rings. The number of hydrogen-bond donors (Lipinski definition) is 1. The van der Waals surface area contributed by atoms with E-state index in [4.69, 9.17) is 5.73 Å². The predicted molar refractivity (Wildman–Crippen MR) is 51.2 cm³/mol. The Kier molecular flexibility index (Phi) is 1.69.